The number of benzene rings is 1. The molecule has 0 saturated heterocycles. The van der Waals surface area contributed by atoms with Crippen molar-refractivity contribution in [3.8, 4) is 0 Å². The number of hydrogen-bond acceptors (Lipinski definition) is 5. The predicted molar refractivity (Wildman–Crippen MR) is 109 cm³/mol. The molecule has 1 N–H and O–H groups in total. The summed E-state index contributed by atoms with van der Waals surface area (Å²) < 4.78 is 6.07. The van der Waals surface area contributed by atoms with Crippen molar-refractivity contribution in [3.63, 3.8) is 0 Å². The third-order valence-corrected chi connectivity index (χ3v) is 7.70. The van der Waals surface area contributed by atoms with Crippen LogP contribution in [-0.4, -0.2) is 21.9 Å². The van der Waals surface area contributed by atoms with Crippen LogP contribution in [0.3, 0.4) is 0 Å². The van der Waals surface area contributed by atoms with Gasteiger partial charge >= 0.3 is 0 Å². The van der Waals surface area contributed by atoms with Crippen LogP contribution in [0.2, 0.25) is 0 Å². The van der Waals surface area contributed by atoms with Gasteiger partial charge in [0.05, 0.1) is 5.75 Å². The van der Waals surface area contributed by atoms with Crippen molar-refractivity contribution in [2.75, 3.05) is 11.1 Å². The van der Waals surface area contributed by atoms with Gasteiger partial charge in [0, 0.05) is 11.1 Å². The number of rotatable bonds is 5. The van der Waals surface area contributed by atoms with Crippen molar-refractivity contribution in [2.45, 2.75) is 63.0 Å². The number of aryl methyl sites for hydroxylation is 2. The summed E-state index contributed by atoms with van der Waals surface area (Å²) in [5, 5.41) is 12.2. The van der Waals surface area contributed by atoms with Crippen LogP contribution >= 0.6 is 11.8 Å². The number of carbonyl (C=O) groups excluding carboxylic acids is 1. The van der Waals surface area contributed by atoms with Crippen molar-refractivity contribution in [3.05, 3.63) is 35.2 Å². The largest absolute Gasteiger partial charge is 0.415 e. The second-order valence-electron chi connectivity index (χ2n) is 9.23. The molecular weight excluding hydrogens is 370 g/mol. The first-order valence-electron chi connectivity index (χ1n) is 10.3. The Morgan fingerprint density at radius 2 is 1.82 bits per heavy atom. The maximum atomic E-state index is 12.3. The minimum atomic E-state index is -0.0495. The Labute approximate surface area is 170 Å². The van der Waals surface area contributed by atoms with Gasteiger partial charge in [0.15, 0.2) is 0 Å². The molecule has 28 heavy (non-hydrogen) atoms. The van der Waals surface area contributed by atoms with Gasteiger partial charge in [-0.05, 0) is 81.8 Å². The summed E-state index contributed by atoms with van der Waals surface area (Å²) in [6.07, 6.45) is 7.81. The zero-order valence-corrected chi connectivity index (χ0v) is 17.3. The lowest BCUT2D eigenvalue weighted by Crippen LogP contribution is -2.48. The fourth-order valence-electron chi connectivity index (χ4n) is 6.12. The molecule has 5 nitrogen and oxygen atoms in total. The number of nitrogens with zero attached hydrogens (tertiary/aromatic N) is 2. The van der Waals surface area contributed by atoms with Gasteiger partial charge < -0.3 is 9.73 Å². The maximum Gasteiger partial charge on any atom is 0.277 e. The number of thioether (sulfide) groups is 1. The maximum absolute atomic E-state index is 12.3. The molecule has 1 heterocycles. The standard InChI is InChI=1S/C22H27N3O2S/c1-13-3-4-18(14(2)5-13)23-19(26)12-28-21-25-24-20(27-21)22-9-15-6-16(10-22)8-17(7-15)11-22/h3-5,15-17H,6-12H2,1-2H3,(H,23,26). The molecule has 6 rings (SSSR count). The third-order valence-electron chi connectivity index (χ3n) is 6.88. The van der Waals surface area contributed by atoms with Crippen molar-refractivity contribution in [1.82, 2.24) is 10.2 Å². The van der Waals surface area contributed by atoms with E-state index < -0.39 is 0 Å². The van der Waals surface area contributed by atoms with Gasteiger partial charge in [-0.15, -0.1) is 10.2 Å². The Hall–Kier alpha value is -1.82. The van der Waals surface area contributed by atoms with Crippen LogP contribution in [0, 0.1) is 31.6 Å². The molecule has 0 radical (unpaired) electrons. The molecular formula is C22H27N3O2S. The number of aromatic nitrogens is 2. The van der Waals surface area contributed by atoms with Crippen LogP contribution in [0.25, 0.3) is 0 Å². The van der Waals surface area contributed by atoms with Crippen LogP contribution in [0.4, 0.5) is 5.69 Å². The molecule has 4 bridgehead atoms. The Morgan fingerprint density at radius 1 is 1.14 bits per heavy atom. The van der Waals surface area contributed by atoms with E-state index in [0.717, 1.165) is 34.9 Å². The molecule has 4 aliphatic rings. The number of amides is 1. The molecule has 6 heteroatoms. The average Bonchev–Trinajstić information content (AvgIpc) is 3.11. The highest BCUT2D eigenvalue weighted by molar-refractivity contribution is 7.99. The number of nitrogens with one attached hydrogen (secondary N) is 1. The van der Waals surface area contributed by atoms with E-state index in [2.05, 4.69) is 21.6 Å². The lowest BCUT2D eigenvalue weighted by Gasteiger charge is -2.55. The molecule has 4 aliphatic carbocycles. The summed E-state index contributed by atoms with van der Waals surface area (Å²) in [6, 6.07) is 6.02. The number of carbonyl (C=O) groups is 1. The van der Waals surface area contributed by atoms with Gasteiger partial charge in [-0.3, -0.25) is 4.79 Å². The fourth-order valence-corrected chi connectivity index (χ4v) is 6.69. The molecule has 4 saturated carbocycles. The summed E-state index contributed by atoms with van der Waals surface area (Å²) in [5.41, 5.74) is 3.23. The minimum Gasteiger partial charge on any atom is -0.415 e. The van der Waals surface area contributed by atoms with Gasteiger partial charge in [0.2, 0.25) is 11.8 Å². The highest BCUT2D eigenvalue weighted by Gasteiger charge is 2.54. The average molecular weight is 398 g/mol. The van der Waals surface area contributed by atoms with Gasteiger partial charge in [-0.1, -0.05) is 29.5 Å². The second-order valence-corrected chi connectivity index (χ2v) is 10.2. The second kappa shape index (κ2) is 6.90. The fraction of sp³-hybridized carbons (Fsp3) is 0.591. The first kappa shape index (κ1) is 18.2. The lowest BCUT2D eigenvalue weighted by molar-refractivity contribution is -0.113. The Bertz CT molecular complexity index is 872. The molecule has 0 aliphatic heterocycles. The molecule has 148 valence electrons. The van der Waals surface area contributed by atoms with Crippen molar-refractivity contribution < 1.29 is 9.21 Å². The summed E-state index contributed by atoms with van der Waals surface area (Å²) in [5.74, 6) is 3.58. The summed E-state index contributed by atoms with van der Waals surface area (Å²) >= 11 is 1.33. The van der Waals surface area contributed by atoms with Gasteiger partial charge in [0.25, 0.3) is 5.22 Å². The Morgan fingerprint density at radius 3 is 2.46 bits per heavy atom. The number of hydrogen-bond donors (Lipinski definition) is 1. The van der Waals surface area contributed by atoms with Gasteiger partial charge in [-0.2, -0.15) is 0 Å². The first-order chi connectivity index (χ1) is 13.5. The summed E-state index contributed by atoms with van der Waals surface area (Å²) in [7, 11) is 0. The van der Waals surface area contributed by atoms with Crippen molar-refractivity contribution >= 4 is 23.4 Å². The first-order valence-corrected chi connectivity index (χ1v) is 11.3. The van der Waals surface area contributed by atoms with Gasteiger partial charge in [-0.25, -0.2) is 0 Å². The van der Waals surface area contributed by atoms with Gasteiger partial charge in [0.1, 0.15) is 0 Å². The topological polar surface area (TPSA) is 68.0 Å². The summed E-state index contributed by atoms with van der Waals surface area (Å²) in [6.45, 7) is 4.05. The van der Waals surface area contributed by atoms with E-state index in [-0.39, 0.29) is 17.1 Å². The van der Waals surface area contributed by atoms with E-state index in [1.54, 1.807) is 0 Å². The summed E-state index contributed by atoms with van der Waals surface area (Å²) in [4.78, 5) is 12.3. The predicted octanol–water partition coefficient (Wildman–Crippen LogP) is 4.89. The quantitative estimate of drug-likeness (QED) is 0.728. The van der Waals surface area contributed by atoms with E-state index in [0.29, 0.717) is 5.22 Å². The molecule has 0 spiro atoms. The highest BCUT2D eigenvalue weighted by atomic mass is 32.2. The molecule has 0 unspecified atom stereocenters. The zero-order chi connectivity index (χ0) is 19.3. The van der Waals surface area contributed by atoms with E-state index in [1.165, 1.54) is 55.9 Å². The molecule has 1 aromatic heterocycles. The zero-order valence-electron chi connectivity index (χ0n) is 16.5. The lowest BCUT2D eigenvalue weighted by atomic mass is 9.49. The van der Waals surface area contributed by atoms with Crippen LogP contribution in [0.1, 0.15) is 55.5 Å². The van der Waals surface area contributed by atoms with Crippen LogP contribution in [0.15, 0.2) is 27.8 Å². The smallest absolute Gasteiger partial charge is 0.277 e. The number of anilines is 1. The monoisotopic (exact) mass is 397 g/mol. The minimum absolute atomic E-state index is 0.0495. The van der Waals surface area contributed by atoms with E-state index in [9.17, 15) is 4.79 Å². The van der Waals surface area contributed by atoms with Crippen LogP contribution in [0.5, 0.6) is 0 Å². The molecule has 1 aromatic carbocycles. The van der Waals surface area contributed by atoms with Crippen molar-refractivity contribution in [2.24, 2.45) is 17.8 Å². The molecule has 1 amide bonds. The highest BCUT2D eigenvalue weighted by Crippen LogP contribution is 2.60. The third kappa shape index (κ3) is 3.36. The van der Waals surface area contributed by atoms with Crippen molar-refractivity contribution in [1.29, 1.82) is 0 Å². The Balaban J connectivity index is 1.22. The van der Waals surface area contributed by atoms with Crippen LogP contribution < -0.4 is 5.32 Å². The normalized spacial score (nSPS) is 30.6. The SMILES string of the molecule is Cc1ccc(NC(=O)CSc2nnc(C34CC5CC(CC(C5)C3)C4)o2)c(C)c1. The van der Waals surface area contributed by atoms with Crippen LogP contribution in [-0.2, 0) is 10.2 Å². The van der Waals surface area contributed by atoms with E-state index >= 15 is 0 Å². The van der Waals surface area contributed by atoms with E-state index in [4.69, 9.17) is 4.42 Å². The molecule has 4 fully saturated rings. The molecule has 2 aromatic rings. The van der Waals surface area contributed by atoms with E-state index in [1.807, 2.05) is 26.0 Å². The Kier molecular flexibility index (Phi) is 4.49. The molecule has 0 atom stereocenters.